The maximum absolute atomic E-state index is 9.44. The molecule has 0 amide bonds. The van der Waals surface area contributed by atoms with Crippen LogP contribution in [-0.4, -0.2) is 61.5 Å². The summed E-state index contributed by atoms with van der Waals surface area (Å²) in [7, 11) is 1.74. The van der Waals surface area contributed by atoms with Gasteiger partial charge in [0.1, 0.15) is 0 Å². The van der Waals surface area contributed by atoms with Gasteiger partial charge in [-0.1, -0.05) is 6.92 Å². The third kappa shape index (κ3) is 7.31. The zero-order valence-electron chi connectivity index (χ0n) is 12.8. The lowest BCUT2D eigenvalue weighted by Crippen LogP contribution is -2.46. The van der Waals surface area contributed by atoms with Crippen LogP contribution in [0.1, 0.15) is 40.5 Å². The highest BCUT2D eigenvalue weighted by molar-refractivity contribution is 4.82. The number of methoxy groups -OCH3 is 1. The van der Waals surface area contributed by atoms with Crippen molar-refractivity contribution >= 4 is 0 Å². The summed E-state index contributed by atoms with van der Waals surface area (Å²) < 4.78 is 5.14. The first-order valence-electron chi connectivity index (χ1n) is 7.08. The molecule has 4 heteroatoms. The zero-order valence-corrected chi connectivity index (χ0v) is 12.8. The van der Waals surface area contributed by atoms with Crippen LogP contribution in [0.25, 0.3) is 0 Å². The van der Waals surface area contributed by atoms with Gasteiger partial charge in [0.05, 0.1) is 13.2 Å². The first-order chi connectivity index (χ1) is 8.49. The van der Waals surface area contributed by atoms with Gasteiger partial charge >= 0.3 is 0 Å². The molecule has 4 nitrogen and oxygen atoms in total. The van der Waals surface area contributed by atoms with E-state index in [2.05, 4.69) is 37.9 Å². The maximum atomic E-state index is 9.44. The number of likely N-dealkylation sites (N-methyl/N-ethyl adjacent to an activating group) is 1. The minimum absolute atomic E-state index is 0.140. The fourth-order valence-corrected chi connectivity index (χ4v) is 2.16. The summed E-state index contributed by atoms with van der Waals surface area (Å²) in [4.78, 5) is 2.42. The number of aliphatic hydroxyl groups excluding tert-OH is 1. The molecule has 0 bridgehead atoms. The van der Waals surface area contributed by atoms with Crippen molar-refractivity contribution in [3.8, 4) is 0 Å². The predicted octanol–water partition coefficient (Wildman–Crippen LogP) is 1.48. The first kappa shape index (κ1) is 17.8. The van der Waals surface area contributed by atoms with Crippen molar-refractivity contribution in [2.24, 2.45) is 0 Å². The Hall–Kier alpha value is -0.160. The number of nitrogens with zero attached hydrogens (tertiary/aromatic N) is 1. The van der Waals surface area contributed by atoms with Crippen LogP contribution < -0.4 is 5.32 Å². The molecule has 0 aliphatic heterocycles. The average Bonchev–Trinajstić information content (AvgIpc) is 2.33. The molecule has 0 aromatic heterocycles. The highest BCUT2D eigenvalue weighted by Crippen LogP contribution is 2.12. The van der Waals surface area contributed by atoms with Crippen LogP contribution in [-0.2, 0) is 4.74 Å². The van der Waals surface area contributed by atoms with E-state index < -0.39 is 0 Å². The van der Waals surface area contributed by atoms with Crippen molar-refractivity contribution < 1.29 is 9.84 Å². The number of nitrogens with one attached hydrogen (secondary N) is 1. The van der Waals surface area contributed by atoms with Crippen LogP contribution in [0.5, 0.6) is 0 Å². The number of rotatable bonds is 11. The van der Waals surface area contributed by atoms with Gasteiger partial charge in [-0.2, -0.15) is 0 Å². The Kier molecular flexibility index (Phi) is 9.64. The standard InChI is InChI=1S/C14H32N2O2/c1-6-15-14(4,12-17)8-7-9-16(13(2)3)10-11-18-5/h13,15,17H,6-12H2,1-5H3. The van der Waals surface area contributed by atoms with Crippen molar-refractivity contribution in [1.29, 1.82) is 0 Å². The van der Waals surface area contributed by atoms with Crippen LogP contribution in [0.2, 0.25) is 0 Å². The summed E-state index contributed by atoms with van der Waals surface area (Å²) in [5.74, 6) is 0. The van der Waals surface area contributed by atoms with E-state index in [-0.39, 0.29) is 12.1 Å². The molecular weight excluding hydrogens is 228 g/mol. The average molecular weight is 260 g/mol. The predicted molar refractivity (Wildman–Crippen MR) is 77.0 cm³/mol. The van der Waals surface area contributed by atoms with Gasteiger partial charge in [0.25, 0.3) is 0 Å². The van der Waals surface area contributed by atoms with Gasteiger partial charge in [0.2, 0.25) is 0 Å². The molecule has 0 aromatic carbocycles. The minimum atomic E-state index is -0.140. The van der Waals surface area contributed by atoms with Crippen LogP contribution in [0.15, 0.2) is 0 Å². The van der Waals surface area contributed by atoms with E-state index in [1.54, 1.807) is 7.11 Å². The summed E-state index contributed by atoms with van der Waals surface area (Å²) in [6.45, 7) is 12.5. The Balaban J connectivity index is 4.03. The van der Waals surface area contributed by atoms with E-state index in [9.17, 15) is 5.11 Å². The molecule has 18 heavy (non-hydrogen) atoms. The molecule has 0 aliphatic carbocycles. The largest absolute Gasteiger partial charge is 0.394 e. The van der Waals surface area contributed by atoms with Crippen LogP contribution >= 0.6 is 0 Å². The second-order valence-corrected chi connectivity index (χ2v) is 5.48. The highest BCUT2D eigenvalue weighted by atomic mass is 16.5. The quantitative estimate of drug-likeness (QED) is 0.591. The topological polar surface area (TPSA) is 44.7 Å². The van der Waals surface area contributed by atoms with Gasteiger partial charge in [-0.05, 0) is 46.7 Å². The van der Waals surface area contributed by atoms with E-state index in [0.717, 1.165) is 39.1 Å². The van der Waals surface area contributed by atoms with E-state index in [4.69, 9.17) is 4.74 Å². The molecule has 2 N–H and O–H groups in total. The number of ether oxygens (including phenoxy) is 1. The summed E-state index contributed by atoms with van der Waals surface area (Å²) in [6, 6.07) is 0.541. The number of hydrogen-bond acceptors (Lipinski definition) is 4. The second-order valence-electron chi connectivity index (χ2n) is 5.48. The third-order valence-corrected chi connectivity index (χ3v) is 3.44. The molecular formula is C14H32N2O2. The number of hydrogen-bond donors (Lipinski definition) is 2. The van der Waals surface area contributed by atoms with E-state index in [0.29, 0.717) is 6.04 Å². The van der Waals surface area contributed by atoms with Gasteiger partial charge in [0, 0.05) is 25.2 Å². The maximum Gasteiger partial charge on any atom is 0.0610 e. The normalized spacial score (nSPS) is 15.3. The Morgan fingerprint density at radius 3 is 2.44 bits per heavy atom. The monoisotopic (exact) mass is 260 g/mol. The Bertz CT molecular complexity index is 200. The smallest absolute Gasteiger partial charge is 0.0610 e. The van der Waals surface area contributed by atoms with Crippen LogP contribution in [0.3, 0.4) is 0 Å². The molecule has 0 saturated heterocycles. The van der Waals surface area contributed by atoms with Crippen molar-refractivity contribution in [1.82, 2.24) is 10.2 Å². The highest BCUT2D eigenvalue weighted by Gasteiger charge is 2.21. The van der Waals surface area contributed by atoms with Gasteiger partial charge in [-0.3, -0.25) is 4.90 Å². The lowest BCUT2D eigenvalue weighted by atomic mass is 9.96. The lowest BCUT2D eigenvalue weighted by Gasteiger charge is -2.31. The van der Waals surface area contributed by atoms with Gasteiger partial charge in [0.15, 0.2) is 0 Å². The summed E-state index contributed by atoms with van der Waals surface area (Å²) in [6.07, 6.45) is 2.08. The molecule has 110 valence electrons. The lowest BCUT2D eigenvalue weighted by molar-refractivity contribution is 0.119. The fraction of sp³-hybridized carbons (Fsp3) is 1.00. The molecule has 0 heterocycles. The van der Waals surface area contributed by atoms with Crippen LogP contribution in [0.4, 0.5) is 0 Å². The SMILES string of the molecule is CCNC(C)(CO)CCCN(CCOC)C(C)C. The molecule has 0 aliphatic rings. The van der Waals surface area contributed by atoms with Gasteiger partial charge < -0.3 is 15.2 Å². The van der Waals surface area contributed by atoms with E-state index in [1.807, 2.05) is 0 Å². The van der Waals surface area contributed by atoms with E-state index >= 15 is 0 Å². The Labute approximate surface area is 113 Å². The van der Waals surface area contributed by atoms with Crippen molar-refractivity contribution in [3.63, 3.8) is 0 Å². The summed E-state index contributed by atoms with van der Waals surface area (Å²) in [5.41, 5.74) is -0.140. The first-order valence-corrected chi connectivity index (χ1v) is 7.08. The fourth-order valence-electron chi connectivity index (χ4n) is 2.16. The zero-order chi connectivity index (χ0) is 14.0. The van der Waals surface area contributed by atoms with Crippen LogP contribution in [0, 0.1) is 0 Å². The molecule has 0 saturated carbocycles. The van der Waals surface area contributed by atoms with Gasteiger partial charge in [-0.25, -0.2) is 0 Å². The molecule has 0 aromatic rings. The number of aliphatic hydroxyl groups is 1. The minimum Gasteiger partial charge on any atom is -0.394 e. The molecule has 0 rings (SSSR count). The molecule has 0 spiro atoms. The van der Waals surface area contributed by atoms with Gasteiger partial charge in [-0.15, -0.1) is 0 Å². The second kappa shape index (κ2) is 9.73. The summed E-state index contributed by atoms with van der Waals surface area (Å²) in [5, 5.41) is 12.8. The molecule has 1 atom stereocenters. The van der Waals surface area contributed by atoms with E-state index in [1.165, 1.54) is 0 Å². The molecule has 0 fully saturated rings. The third-order valence-electron chi connectivity index (χ3n) is 3.44. The molecule has 0 radical (unpaired) electrons. The Morgan fingerprint density at radius 2 is 2.00 bits per heavy atom. The van der Waals surface area contributed by atoms with Crippen molar-refractivity contribution in [3.05, 3.63) is 0 Å². The molecule has 1 unspecified atom stereocenters. The Morgan fingerprint density at radius 1 is 1.33 bits per heavy atom. The van der Waals surface area contributed by atoms with Crippen molar-refractivity contribution in [2.45, 2.75) is 52.1 Å². The summed E-state index contributed by atoms with van der Waals surface area (Å²) >= 11 is 0. The van der Waals surface area contributed by atoms with Crippen molar-refractivity contribution in [2.75, 3.05) is 40.0 Å².